The summed E-state index contributed by atoms with van der Waals surface area (Å²) in [6, 6.07) is 0. The van der Waals surface area contributed by atoms with Crippen molar-refractivity contribution in [2.24, 2.45) is 0 Å². The van der Waals surface area contributed by atoms with Gasteiger partial charge in [0.15, 0.2) is 0 Å². The summed E-state index contributed by atoms with van der Waals surface area (Å²) < 4.78 is 32.6. The predicted molar refractivity (Wildman–Crippen MR) is 109 cm³/mol. The number of hydrogen-bond donors (Lipinski definition) is 2. The van der Waals surface area contributed by atoms with Crippen LogP contribution in [0.1, 0.15) is 86.0 Å². The maximum atomic E-state index is 9.76. The lowest BCUT2D eigenvalue weighted by molar-refractivity contribution is -0.929. The Bertz CT molecular complexity index is 361. The van der Waals surface area contributed by atoms with Gasteiger partial charge in [-0.1, -0.05) is 53.4 Å². The van der Waals surface area contributed by atoms with Crippen LogP contribution >= 0.6 is 0 Å². The number of hydrogen-bond acceptors (Lipinski definition) is 4. The standard InChI is InChI=1S/C16H36N.C3H8O5S/c1-5-9-13-17(14-10-6-2,15-11-7-3)16-12-8-4;1-3(4)2-8-9(5,6)7/h5-16H2,1-4H3;3-4H,2H2,1H3,(H,5,6,7)/q+1;. The molecule has 0 bridgehead atoms. The first kappa shape index (κ1) is 28.0. The Balaban J connectivity index is 0. The number of rotatable bonds is 15. The summed E-state index contributed by atoms with van der Waals surface area (Å²) in [5.41, 5.74) is 0. The highest BCUT2D eigenvalue weighted by molar-refractivity contribution is 7.80. The number of aliphatic hydroxyl groups excluding tert-OH is 1. The average Bonchev–Trinajstić information content (AvgIpc) is 2.59. The van der Waals surface area contributed by atoms with Crippen molar-refractivity contribution in [1.82, 2.24) is 0 Å². The third-order valence-corrected chi connectivity index (χ3v) is 4.84. The molecular formula is C19H44NO5S+. The highest BCUT2D eigenvalue weighted by Crippen LogP contribution is 2.16. The molecule has 0 heterocycles. The first-order valence-corrected chi connectivity index (χ1v) is 11.7. The maximum absolute atomic E-state index is 9.76. The minimum atomic E-state index is -4.38. The zero-order valence-electron chi connectivity index (χ0n) is 17.7. The van der Waals surface area contributed by atoms with E-state index in [-0.39, 0.29) is 0 Å². The second-order valence-electron chi connectivity index (χ2n) is 7.21. The van der Waals surface area contributed by atoms with Crippen LogP contribution in [0, 0.1) is 0 Å². The van der Waals surface area contributed by atoms with Crippen LogP contribution in [0.5, 0.6) is 0 Å². The van der Waals surface area contributed by atoms with Crippen LogP contribution in [0.2, 0.25) is 0 Å². The number of aliphatic hydroxyl groups is 1. The van der Waals surface area contributed by atoms with Gasteiger partial charge in [0.05, 0.1) is 38.9 Å². The predicted octanol–water partition coefficient (Wildman–Crippen LogP) is 4.19. The summed E-state index contributed by atoms with van der Waals surface area (Å²) in [4.78, 5) is 0. The van der Waals surface area contributed by atoms with Gasteiger partial charge in [-0.15, -0.1) is 0 Å². The van der Waals surface area contributed by atoms with Gasteiger partial charge in [0, 0.05) is 0 Å². The molecule has 0 radical (unpaired) electrons. The molecule has 7 heteroatoms. The lowest BCUT2D eigenvalue weighted by Gasteiger charge is -2.39. The van der Waals surface area contributed by atoms with E-state index in [1.54, 1.807) is 0 Å². The molecule has 0 saturated heterocycles. The molecule has 2 N–H and O–H groups in total. The van der Waals surface area contributed by atoms with E-state index in [4.69, 9.17) is 9.66 Å². The van der Waals surface area contributed by atoms with E-state index >= 15 is 0 Å². The number of quaternary nitrogens is 1. The molecule has 160 valence electrons. The van der Waals surface area contributed by atoms with Crippen molar-refractivity contribution in [3.63, 3.8) is 0 Å². The van der Waals surface area contributed by atoms with Crippen molar-refractivity contribution >= 4 is 10.4 Å². The Morgan fingerprint density at radius 2 is 1.12 bits per heavy atom. The van der Waals surface area contributed by atoms with Gasteiger partial charge >= 0.3 is 10.4 Å². The monoisotopic (exact) mass is 398 g/mol. The second kappa shape index (κ2) is 16.9. The van der Waals surface area contributed by atoms with Gasteiger partial charge in [0.2, 0.25) is 0 Å². The molecule has 0 aliphatic carbocycles. The molecule has 0 amide bonds. The molecule has 0 spiro atoms. The highest BCUT2D eigenvalue weighted by atomic mass is 32.3. The average molecular weight is 399 g/mol. The molecule has 0 aliphatic rings. The van der Waals surface area contributed by atoms with E-state index in [0.29, 0.717) is 0 Å². The first-order valence-electron chi connectivity index (χ1n) is 10.3. The summed E-state index contributed by atoms with van der Waals surface area (Å²) >= 11 is 0. The van der Waals surface area contributed by atoms with Crippen molar-refractivity contribution < 1.29 is 26.7 Å². The van der Waals surface area contributed by atoms with Crippen LogP contribution in [0.15, 0.2) is 0 Å². The number of unbranched alkanes of at least 4 members (excludes halogenated alkanes) is 4. The van der Waals surface area contributed by atoms with Crippen molar-refractivity contribution in [2.75, 3.05) is 32.8 Å². The van der Waals surface area contributed by atoms with Gasteiger partial charge < -0.3 is 9.59 Å². The molecule has 0 aromatic carbocycles. The van der Waals surface area contributed by atoms with Crippen molar-refractivity contribution in [2.45, 2.75) is 92.1 Å². The lowest BCUT2D eigenvalue weighted by atomic mass is 10.1. The molecule has 0 rings (SSSR count). The summed E-state index contributed by atoms with van der Waals surface area (Å²) in [7, 11) is -4.38. The fourth-order valence-corrected chi connectivity index (χ4v) is 3.20. The molecule has 1 unspecified atom stereocenters. The summed E-state index contributed by atoms with van der Waals surface area (Å²) in [5.74, 6) is 0. The van der Waals surface area contributed by atoms with E-state index in [1.807, 2.05) is 0 Å². The molecular weight excluding hydrogens is 354 g/mol. The molecule has 6 nitrogen and oxygen atoms in total. The van der Waals surface area contributed by atoms with Gasteiger partial charge in [-0.25, -0.2) is 4.18 Å². The summed E-state index contributed by atoms with van der Waals surface area (Å²) in [5, 5.41) is 8.42. The number of nitrogens with zero attached hydrogens (tertiary/aromatic N) is 1. The SMILES string of the molecule is CC(O)COS(=O)(=O)O.CCCC[N+](CCCC)(CCCC)CCCC. The van der Waals surface area contributed by atoms with Crippen LogP contribution in [0.4, 0.5) is 0 Å². The van der Waals surface area contributed by atoms with Gasteiger partial charge in [-0.05, 0) is 32.6 Å². The molecule has 0 aromatic rings. The van der Waals surface area contributed by atoms with Crippen LogP contribution in [0.3, 0.4) is 0 Å². The second-order valence-corrected chi connectivity index (χ2v) is 8.30. The Kier molecular flexibility index (Phi) is 18.2. The van der Waals surface area contributed by atoms with E-state index < -0.39 is 23.1 Å². The zero-order chi connectivity index (χ0) is 20.5. The molecule has 1 atom stereocenters. The van der Waals surface area contributed by atoms with Crippen molar-refractivity contribution in [3.8, 4) is 0 Å². The quantitative estimate of drug-likeness (QED) is 0.319. The van der Waals surface area contributed by atoms with Crippen molar-refractivity contribution in [1.29, 1.82) is 0 Å². The molecule has 0 aliphatic heterocycles. The fraction of sp³-hybridized carbons (Fsp3) is 1.00. The minimum absolute atomic E-state index is 0.418. The Morgan fingerprint density at radius 3 is 1.27 bits per heavy atom. The largest absolute Gasteiger partial charge is 0.397 e. The van der Waals surface area contributed by atoms with Gasteiger partial charge in [0.1, 0.15) is 0 Å². The van der Waals surface area contributed by atoms with Crippen LogP contribution in [-0.2, 0) is 14.6 Å². The third kappa shape index (κ3) is 18.6. The van der Waals surface area contributed by atoms with Crippen molar-refractivity contribution in [3.05, 3.63) is 0 Å². The van der Waals surface area contributed by atoms with E-state index in [0.717, 1.165) is 0 Å². The minimum Gasteiger partial charge on any atom is -0.391 e. The van der Waals surface area contributed by atoms with Gasteiger partial charge in [-0.3, -0.25) is 4.55 Å². The molecule has 26 heavy (non-hydrogen) atoms. The van der Waals surface area contributed by atoms with E-state index in [2.05, 4.69) is 31.9 Å². The summed E-state index contributed by atoms with van der Waals surface area (Å²) in [6.07, 6.45) is 10.2. The Morgan fingerprint density at radius 1 is 0.808 bits per heavy atom. The zero-order valence-corrected chi connectivity index (χ0v) is 18.6. The van der Waals surface area contributed by atoms with Crippen LogP contribution in [-0.4, -0.2) is 61.4 Å². The summed E-state index contributed by atoms with van der Waals surface area (Å²) in [6.45, 7) is 15.9. The highest BCUT2D eigenvalue weighted by Gasteiger charge is 2.24. The molecule has 0 saturated carbocycles. The van der Waals surface area contributed by atoms with Gasteiger partial charge in [0.25, 0.3) is 0 Å². The fourth-order valence-electron chi connectivity index (χ4n) is 2.83. The first-order chi connectivity index (χ1) is 12.2. The third-order valence-electron chi connectivity index (χ3n) is 4.40. The van der Waals surface area contributed by atoms with Gasteiger partial charge in [-0.2, -0.15) is 8.42 Å². The van der Waals surface area contributed by atoms with E-state index in [1.165, 1.54) is 89.0 Å². The topological polar surface area (TPSA) is 83.8 Å². The molecule has 0 aromatic heterocycles. The molecule has 0 fully saturated rings. The maximum Gasteiger partial charge on any atom is 0.397 e. The van der Waals surface area contributed by atoms with Crippen LogP contribution < -0.4 is 0 Å². The Hall–Kier alpha value is -0.210. The van der Waals surface area contributed by atoms with Crippen LogP contribution in [0.25, 0.3) is 0 Å². The smallest absolute Gasteiger partial charge is 0.391 e. The Labute approximate surface area is 162 Å². The normalized spacial score (nSPS) is 13.2. The van der Waals surface area contributed by atoms with E-state index in [9.17, 15) is 8.42 Å². The lowest BCUT2D eigenvalue weighted by Crippen LogP contribution is -2.50.